The van der Waals surface area contributed by atoms with Crippen LogP contribution in [0.15, 0.2) is 30.3 Å². The van der Waals surface area contributed by atoms with E-state index >= 15 is 0 Å². The second-order valence-corrected chi connectivity index (χ2v) is 4.87. The molecule has 2 aromatic rings. The number of benzene rings is 1. The van der Waals surface area contributed by atoms with E-state index in [-0.39, 0.29) is 0 Å². The number of hydrogen-bond acceptors (Lipinski definition) is 4. The third kappa shape index (κ3) is 2.47. The molecule has 4 heteroatoms. The molecular weight excluding hydrogens is 252 g/mol. The van der Waals surface area contributed by atoms with Crippen LogP contribution < -0.4 is 14.8 Å². The van der Waals surface area contributed by atoms with E-state index in [0.29, 0.717) is 6.61 Å². The molecule has 4 nitrogen and oxygen atoms in total. The zero-order valence-corrected chi connectivity index (χ0v) is 11.8. The van der Waals surface area contributed by atoms with Gasteiger partial charge in [-0.3, -0.25) is 0 Å². The summed E-state index contributed by atoms with van der Waals surface area (Å²) in [5.74, 6) is 1.60. The number of nitrogens with zero attached hydrogens (tertiary/aromatic N) is 1. The highest BCUT2D eigenvalue weighted by atomic mass is 16.5. The standard InChI is InChI=1S/C16H18N2O2/c1-11-9-13(19-2)4-5-14(11)15-6-3-12-10-17-7-8-20-16(12)18-15/h3-6,9,17H,7-8,10H2,1-2H3. The molecular formula is C16H18N2O2. The SMILES string of the molecule is COc1ccc(-c2ccc3c(n2)OCCNC3)c(C)c1. The van der Waals surface area contributed by atoms with Crippen molar-refractivity contribution in [2.45, 2.75) is 13.5 Å². The van der Waals surface area contributed by atoms with Gasteiger partial charge in [0.25, 0.3) is 0 Å². The Kier molecular flexibility index (Phi) is 3.56. The Hall–Kier alpha value is -2.07. The van der Waals surface area contributed by atoms with E-state index in [1.165, 1.54) is 0 Å². The Bertz CT molecular complexity index is 626. The average molecular weight is 270 g/mol. The van der Waals surface area contributed by atoms with E-state index in [0.717, 1.165) is 47.1 Å². The average Bonchev–Trinajstić information content (AvgIpc) is 2.71. The van der Waals surface area contributed by atoms with Crippen LogP contribution in [0.2, 0.25) is 0 Å². The molecule has 0 fully saturated rings. The molecule has 0 bridgehead atoms. The predicted octanol–water partition coefficient (Wildman–Crippen LogP) is 2.55. The molecule has 1 aliphatic heterocycles. The summed E-state index contributed by atoms with van der Waals surface area (Å²) in [5.41, 5.74) is 4.29. The summed E-state index contributed by atoms with van der Waals surface area (Å²) in [6, 6.07) is 10.1. The van der Waals surface area contributed by atoms with Crippen molar-refractivity contribution in [1.29, 1.82) is 0 Å². The first-order valence-corrected chi connectivity index (χ1v) is 6.76. The largest absolute Gasteiger partial charge is 0.497 e. The van der Waals surface area contributed by atoms with Crippen molar-refractivity contribution >= 4 is 0 Å². The molecule has 0 saturated carbocycles. The lowest BCUT2D eigenvalue weighted by Gasteiger charge is -2.11. The van der Waals surface area contributed by atoms with Crippen molar-refractivity contribution < 1.29 is 9.47 Å². The fourth-order valence-electron chi connectivity index (χ4n) is 2.37. The number of methoxy groups -OCH3 is 1. The Balaban J connectivity index is 2.00. The molecule has 0 atom stereocenters. The molecule has 0 aliphatic carbocycles. The van der Waals surface area contributed by atoms with Crippen LogP contribution >= 0.6 is 0 Å². The van der Waals surface area contributed by atoms with Gasteiger partial charge in [0.15, 0.2) is 0 Å². The second kappa shape index (κ2) is 5.51. The van der Waals surface area contributed by atoms with Crippen molar-refractivity contribution in [3.05, 3.63) is 41.5 Å². The molecule has 1 aromatic carbocycles. The number of hydrogen-bond donors (Lipinski definition) is 1. The first-order chi connectivity index (χ1) is 9.78. The van der Waals surface area contributed by atoms with E-state index in [1.54, 1.807) is 7.11 Å². The van der Waals surface area contributed by atoms with E-state index in [9.17, 15) is 0 Å². The van der Waals surface area contributed by atoms with Crippen LogP contribution in [0.3, 0.4) is 0 Å². The summed E-state index contributed by atoms with van der Waals surface area (Å²) in [5, 5.41) is 3.31. The van der Waals surface area contributed by atoms with Crippen molar-refractivity contribution in [1.82, 2.24) is 10.3 Å². The highest BCUT2D eigenvalue weighted by molar-refractivity contribution is 5.65. The van der Waals surface area contributed by atoms with Gasteiger partial charge in [0.05, 0.1) is 12.8 Å². The van der Waals surface area contributed by atoms with Crippen LogP contribution in [0.5, 0.6) is 11.6 Å². The summed E-state index contributed by atoms with van der Waals surface area (Å²) in [6.45, 7) is 4.39. The lowest BCUT2D eigenvalue weighted by Crippen LogP contribution is -2.16. The Morgan fingerprint density at radius 2 is 2.15 bits per heavy atom. The minimum Gasteiger partial charge on any atom is -0.497 e. The van der Waals surface area contributed by atoms with Gasteiger partial charge in [-0.2, -0.15) is 0 Å². The molecule has 2 heterocycles. The van der Waals surface area contributed by atoms with Crippen molar-refractivity contribution in [3.8, 4) is 22.9 Å². The fraction of sp³-hybridized carbons (Fsp3) is 0.312. The molecule has 0 spiro atoms. The number of aromatic nitrogens is 1. The maximum absolute atomic E-state index is 5.70. The van der Waals surface area contributed by atoms with Gasteiger partial charge in [-0.1, -0.05) is 6.07 Å². The van der Waals surface area contributed by atoms with E-state index in [4.69, 9.17) is 9.47 Å². The molecule has 0 amide bonds. The number of nitrogens with one attached hydrogen (secondary N) is 1. The maximum atomic E-state index is 5.70. The first kappa shape index (κ1) is 12.9. The summed E-state index contributed by atoms with van der Waals surface area (Å²) in [6.07, 6.45) is 0. The van der Waals surface area contributed by atoms with Gasteiger partial charge in [0.1, 0.15) is 12.4 Å². The van der Waals surface area contributed by atoms with Gasteiger partial charge in [0, 0.05) is 24.2 Å². The van der Waals surface area contributed by atoms with E-state index in [2.05, 4.69) is 23.3 Å². The third-order valence-electron chi connectivity index (χ3n) is 3.48. The molecule has 1 aromatic heterocycles. The van der Waals surface area contributed by atoms with E-state index < -0.39 is 0 Å². The molecule has 104 valence electrons. The zero-order chi connectivity index (χ0) is 13.9. The lowest BCUT2D eigenvalue weighted by atomic mass is 10.0. The van der Waals surface area contributed by atoms with Crippen LogP contribution in [-0.4, -0.2) is 25.2 Å². The van der Waals surface area contributed by atoms with Gasteiger partial charge in [-0.05, 0) is 36.8 Å². The van der Waals surface area contributed by atoms with Crippen LogP contribution in [0.25, 0.3) is 11.3 Å². The highest BCUT2D eigenvalue weighted by Gasteiger charge is 2.12. The normalized spacial score (nSPS) is 14.1. The monoisotopic (exact) mass is 270 g/mol. The molecule has 0 radical (unpaired) electrons. The molecule has 0 unspecified atom stereocenters. The van der Waals surface area contributed by atoms with Gasteiger partial charge in [-0.25, -0.2) is 4.98 Å². The van der Waals surface area contributed by atoms with Crippen LogP contribution in [0.1, 0.15) is 11.1 Å². The van der Waals surface area contributed by atoms with E-state index in [1.807, 2.05) is 24.3 Å². The Morgan fingerprint density at radius 1 is 1.25 bits per heavy atom. The quantitative estimate of drug-likeness (QED) is 0.910. The second-order valence-electron chi connectivity index (χ2n) is 4.87. The summed E-state index contributed by atoms with van der Waals surface area (Å²) < 4.78 is 10.9. The zero-order valence-electron chi connectivity index (χ0n) is 11.8. The smallest absolute Gasteiger partial charge is 0.218 e. The fourth-order valence-corrected chi connectivity index (χ4v) is 2.37. The van der Waals surface area contributed by atoms with Crippen LogP contribution in [0.4, 0.5) is 0 Å². The lowest BCUT2D eigenvalue weighted by molar-refractivity contribution is 0.314. The molecule has 1 aliphatic rings. The van der Waals surface area contributed by atoms with Gasteiger partial charge >= 0.3 is 0 Å². The number of ether oxygens (including phenoxy) is 2. The Labute approximate surface area is 118 Å². The Morgan fingerprint density at radius 3 is 2.95 bits per heavy atom. The van der Waals surface area contributed by atoms with Gasteiger partial charge < -0.3 is 14.8 Å². The molecule has 3 rings (SSSR count). The topological polar surface area (TPSA) is 43.4 Å². The summed E-state index contributed by atoms with van der Waals surface area (Å²) in [4.78, 5) is 4.66. The number of aryl methyl sites for hydroxylation is 1. The highest BCUT2D eigenvalue weighted by Crippen LogP contribution is 2.28. The summed E-state index contributed by atoms with van der Waals surface area (Å²) in [7, 11) is 1.68. The van der Waals surface area contributed by atoms with Crippen molar-refractivity contribution in [3.63, 3.8) is 0 Å². The maximum Gasteiger partial charge on any atom is 0.218 e. The predicted molar refractivity (Wildman–Crippen MR) is 78.2 cm³/mol. The van der Waals surface area contributed by atoms with Gasteiger partial charge in [-0.15, -0.1) is 0 Å². The van der Waals surface area contributed by atoms with Crippen molar-refractivity contribution in [2.75, 3.05) is 20.3 Å². The number of rotatable bonds is 2. The minimum atomic E-state index is 0.658. The van der Waals surface area contributed by atoms with Crippen molar-refractivity contribution in [2.24, 2.45) is 0 Å². The minimum absolute atomic E-state index is 0.658. The third-order valence-corrected chi connectivity index (χ3v) is 3.48. The first-order valence-electron chi connectivity index (χ1n) is 6.76. The molecule has 20 heavy (non-hydrogen) atoms. The molecule has 1 N–H and O–H groups in total. The van der Waals surface area contributed by atoms with Gasteiger partial charge in [0.2, 0.25) is 5.88 Å². The summed E-state index contributed by atoms with van der Waals surface area (Å²) >= 11 is 0. The molecule has 0 saturated heterocycles. The number of pyridine rings is 1. The van der Waals surface area contributed by atoms with Crippen LogP contribution in [0, 0.1) is 6.92 Å². The number of fused-ring (bicyclic) bond motifs is 1. The van der Waals surface area contributed by atoms with Crippen LogP contribution in [-0.2, 0) is 6.54 Å².